The van der Waals surface area contributed by atoms with Crippen LogP contribution in [-0.4, -0.2) is 34.2 Å². The number of thiazole rings is 1. The van der Waals surface area contributed by atoms with E-state index in [-0.39, 0.29) is 6.54 Å². The maximum absolute atomic E-state index is 12.4. The molecule has 3 aromatic rings. The van der Waals surface area contributed by atoms with E-state index in [1.807, 2.05) is 12.1 Å². The first-order chi connectivity index (χ1) is 12.9. The minimum absolute atomic E-state index is 0.330. The molecule has 4 rings (SSSR count). The molecule has 6 nitrogen and oxygen atoms in total. The zero-order valence-corrected chi connectivity index (χ0v) is 15.7. The quantitative estimate of drug-likeness (QED) is 0.702. The lowest BCUT2D eigenvalue weighted by Crippen LogP contribution is -2.37. The van der Waals surface area contributed by atoms with Crippen molar-refractivity contribution in [2.75, 3.05) is 11.9 Å². The maximum Gasteiger partial charge on any atom is 0.262 e. The molecule has 1 N–H and O–H groups in total. The molecule has 0 saturated heterocycles. The SMILES string of the molecule is CC(C)c1ccc2nc(NC(=O)CN3C(=O)c4ccccc4C3=O)sc2c1. The summed E-state index contributed by atoms with van der Waals surface area (Å²) in [6, 6.07) is 12.6. The predicted octanol–water partition coefficient (Wildman–Crippen LogP) is 3.65. The van der Waals surface area contributed by atoms with Gasteiger partial charge in [-0.1, -0.05) is 43.4 Å². The van der Waals surface area contributed by atoms with E-state index in [4.69, 9.17) is 0 Å². The number of nitrogens with one attached hydrogen (secondary N) is 1. The second-order valence-corrected chi connectivity index (χ2v) is 7.72. The molecule has 0 spiro atoms. The molecular weight excluding hydrogens is 362 g/mol. The Bertz CT molecular complexity index is 1050. The number of imide groups is 1. The van der Waals surface area contributed by atoms with Gasteiger partial charge in [0.1, 0.15) is 6.54 Å². The van der Waals surface area contributed by atoms with Crippen LogP contribution >= 0.6 is 11.3 Å². The Morgan fingerprint density at radius 1 is 1.11 bits per heavy atom. The van der Waals surface area contributed by atoms with Gasteiger partial charge in [0.2, 0.25) is 5.91 Å². The van der Waals surface area contributed by atoms with Gasteiger partial charge in [-0.15, -0.1) is 0 Å². The Hall–Kier alpha value is -3.06. The number of hydrogen-bond acceptors (Lipinski definition) is 5. The van der Waals surface area contributed by atoms with Gasteiger partial charge in [0.05, 0.1) is 21.3 Å². The molecule has 0 saturated carbocycles. The first kappa shape index (κ1) is 17.4. The van der Waals surface area contributed by atoms with Gasteiger partial charge in [-0.2, -0.15) is 0 Å². The Kier molecular flexibility index (Phi) is 4.24. The van der Waals surface area contributed by atoms with Crippen molar-refractivity contribution in [2.24, 2.45) is 0 Å². The number of carbonyl (C=O) groups is 3. The van der Waals surface area contributed by atoms with Crippen molar-refractivity contribution in [3.8, 4) is 0 Å². The summed E-state index contributed by atoms with van der Waals surface area (Å²) in [5.74, 6) is -0.940. The number of rotatable bonds is 4. The minimum atomic E-state index is -0.451. The average molecular weight is 379 g/mol. The number of aromatic nitrogens is 1. The van der Waals surface area contributed by atoms with Gasteiger partial charge in [0, 0.05) is 0 Å². The second-order valence-electron chi connectivity index (χ2n) is 6.69. The van der Waals surface area contributed by atoms with Crippen molar-refractivity contribution in [3.05, 3.63) is 59.2 Å². The highest BCUT2D eigenvalue weighted by Crippen LogP contribution is 2.29. The van der Waals surface area contributed by atoms with E-state index in [9.17, 15) is 14.4 Å². The van der Waals surface area contributed by atoms with E-state index >= 15 is 0 Å². The van der Waals surface area contributed by atoms with Crippen LogP contribution in [0.2, 0.25) is 0 Å². The molecule has 2 aromatic carbocycles. The molecule has 0 aliphatic carbocycles. The van der Waals surface area contributed by atoms with E-state index in [0.717, 1.165) is 15.1 Å². The molecule has 0 unspecified atom stereocenters. The molecule has 3 amide bonds. The molecule has 7 heteroatoms. The molecule has 1 aliphatic heterocycles. The normalized spacial score (nSPS) is 13.5. The molecule has 136 valence electrons. The van der Waals surface area contributed by atoms with Crippen LogP contribution in [0.4, 0.5) is 5.13 Å². The lowest BCUT2D eigenvalue weighted by Gasteiger charge is -2.12. The molecule has 0 atom stereocenters. The summed E-state index contributed by atoms with van der Waals surface area (Å²) in [5, 5.41) is 3.15. The fraction of sp³-hybridized carbons (Fsp3) is 0.200. The van der Waals surface area contributed by atoms with Crippen molar-refractivity contribution in [1.82, 2.24) is 9.88 Å². The highest BCUT2D eigenvalue weighted by molar-refractivity contribution is 7.22. The monoisotopic (exact) mass is 379 g/mol. The predicted molar refractivity (Wildman–Crippen MR) is 104 cm³/mol. The maximum atomic E-state index is 12.4. The summed E-state index contributed by atoms with van der Waals surface area (Å²) < 4.78 is 0.984. The van der Waals surface area contributed by atoms with E-state index in [0.29, 0.717) is 22.2 Å². The second kappa shape index (κ2) is 6.59. The van der Waals surface area contributed by atoms with Crippen LogP contribution in [0, 0.1) is 0 Å². The number of benzene rings is 2. The smallest absolute Gasteiger partial charge is 0.262 e. The molecule has 2 heterocycles. The number of anilines is 1. The van der Waals surface area contributed by atoms with E-state index in [2.05, 4.69) is 30.2 Å². The van der Waals surface area contributed by atoms with Crippen LogP contribution in [0.25, 0.3) is 10.2 Å². The third kappa shape index (κ3) is 3.10. The van der Waals surface area contributed by atoms with Crippen molar-refractivity contribution >= 4 is 44.4 Å². The van der Waals surface area contributed by atoms with Gasteiger partial charge in [-0.25, -0.2) is 4.98 Å². The summed E-state index contributed by atoms with van der Waals surface area (Å²) in [7, 11) is 0. The Morgan fingerprint density at radius 2 is 1.78 bits per heavy atom. The molecular formula is C20H17N3O3S. The van der Waals surface area contributed by atoms with Gasteiger partial charge in [-0.3, -0.25) is 19.3 Å². The fourth-order valence-electron chi connectivity index (χ4n) is 3.04. The van der Waals surface area contributed by atoms with Crippen LogP contribution in [0.3, 0.4) is 0 Å². The van der Waals surface area contributed by atoms with E-state index in [1.165, 1.54) is 16.9 Å². The van der Waals surface area contributed by atoms with Crippen LogP contribution < -0.4 is 5.32 Å². The Morgan fingerprint density at radius 3 is 2.41 bits per heavy atom. The third-order valence-corrected chi connectivity index (χ3v) is 5.44. The van der Waals surface area contributed by atoms with Crippen LogP contribution in [0.5, 0.6) is 0 Å². The fourth-order valence-corrected chi connectivity index (χ4v) is 3.97. The highest BCUT2D eigenvalue weighted by atomic mass is 32.1. The largest absolute Gasteiger partial charge is 0.300 e. The van der Waals surface area contributed by atoms with Gasteiger partial charge in [0.25, 0.3) is 11.8 Å². The van der Waals surface area contributed by atoms with Gasteiger partial charge >= 0.3 is 0 Å². The van der Waals surface area contributed by atoms with Crippen molar-refractivity contribution in [3.63, 3.8) is 0 Å². The number of amides is 3. The molecule has 0 fully saturated rings. The number of fused-ring (bicyclic) bond motifs is 2. The topological polar surface area (TPSA) is 79.4 Å². The minimum Gasteiger partial charge on any atom is -0.300 e. The van der Waals surface area contributed by atoms with Gasteiger partial charge in [-0.05, 0) is 35.7 Å². The number of carbonyl (C=O) groups excluding carboxylic acids is 3. The summed E-state index contributed by atoms with van der Waals surface area (Å²) in [5.41, 5.74) is 2.67. The summed E-state index contributed by atoms with van der Waals surface area (Å²) in [6.45, 7) is 3.90. The third-order valence-electron chi connectivity index (χ3n) is 4.51. The molecule has 0 bridgehead atoms. The summed E-state index contributed by atoms with van der Waals surface area (Å²) in [4.78, 5) is 42.4. The van der Waals surface area contributed by atoms with Gasteiger partial charge < -0.3 is 5.32 Å². The molecule has 1 aliphatic rings. The highest BCUT2D eigenvalue weighted by Gasteiger charge is 2.36. The van der Waals surface area contributed by atoms with Crippen LogP contribution in [0.1, 0.15) is 46.0 Å². The zero-order chi connectivity index (χ0) is 19.1. The van der Waals surface area contributed by atoms with Crippen molar-refractivity contribution in [1.29, 1.82) is 0 Å². The van der Waals surface area contributed by atoms with Crippen LogP contribution in [0.15, 0.2) is 42.5 Å². The van der Waals surface area contributed by atoms with E-state index < -0.39 is 17.7 Å². The first-order valence-electron chi connectivity index (χ1n) is 8.59. The average Bonchev–Trinajstić information content (AvgIpc) is 3.15. The van der Waals surface area contributed by atoms with Crippen molar-refractivity contribution < 1.29 is 14.4 Å². The number of nitrogens with zero attached hydrogens (tertiary/aromatic N) is 2. The number of hydrogen-bond donors (Lipinski definition) is 1. The van der Waals surface area contributed by atoms with Crippen LogP contribution in [-0.2, 0) is 4.79 Å². The molecule has 27 heavy (non-hydrogen) atoms. The standard InChI is InChI=1S/C20H17N3O3S/c1-11(2)12-7-8-15-16(9-12)27-20(21-15)22-17(24)10-23-18(25)13-5-3-4-6-14(13)19(23)26/h3-9,11H,10H2,1-2H3,(H,21,22,24). The summed E-state index contributed by atoms with van der Waals surface area (Å²) in [6.07, 6.45) is 0. The lowest BCUT2D eigenvalue weighted by atomic mass is 10.0. The van der Waals surface area contributed by atoms with Gasteiger partial charge in [0.15, 0.2) is 5.13 Å². The lowest BCUT2D eigenvalue weighted by molar-refractivity contribution is -0.116. The zero-order valence-electron chi connectivity index (χ0n) is 14.9. The Balaban J connectivity index is 1.49. The molecule has 0 radical (unpaired) electrons. The van der Waals surface area contributed by atoms with Crippen molar-refractivity contribution in [2.45, 2.75) is 19.8 Å². The first-order valence-corrected chi connectivity index (χ1v) is 9.41. The molecule has 1 aromatic heterocycles. The summed E-state index contributed by atoms with van der Waals surface area (Å²) >= 11 is 1.37. The van der Waals surface area contributed by atoms with E-state index in [1.54, 1.807) is 24.3 Å². The Labute approximate surface area is 159 Å².